The lowest BCUT2D eigenvalue weighted by Crippen LogP contribution is -2.39. The topological polar surface area (TPSA) is 109 Å². The molecule has 1 fully saturated rings. The second kappa shape index (κ2) is 9.31. The van der Waals surface area contributed by atoms with Gasteiger partial charge < -0.3 is 5.11 Å². The van der Waals surface area contributed by atoms with Crippen LogP contribution in [0.1, 0.15) is 48.5 Å². The van der Waals surface area contributed by atoms with Crippen molar-refractivity contribution in [3.63, 3.8) is 0 Å². The van der Waals surface area contributed by atoms with Gasteiger partial charge in [0.05, 0.1) is 17.5 Å². The van der Waals surface area contributed by atoms with E-state index in [0.29, 0.717) is 39.8 Å². The molecule has 0 spiro atoms. The van der Waals surface area contributed by atoms with Crippen molar-refractivity contribution >= 4 is 45.6 Å². The molecule has 3 aromatic carbocycles. The Hall–Kier alpha value is -4.91. The van der Waals surface area contributed by atoms with Crippen LogP contribution in [0.15, 0.2) is 95.1 Å². The molecule has 0 saturated carbocycles. The van der Waals surface area contributed by atoms with Crippen molar-refractivity contribution in [3.8, 4) is 5.75 Å². The Balaban J connectivity index is 1.38. The SMILES string of the molecule is CC(=O)c1ccc(N2C(=O)C3CC=C4C(c5ccc(O)c6ccccc56)C5=C(CC4C3C2=O)C(=O)C=C(C)C5=O)cc1. The number of anilines is 1. The van der Waals surface area contributed by atoms with Gasteiger partial charge in [-0.05, 0) is 80.0 Å². The molecule has 4 aliphatic rings. The number of rotatable bonds is 3. The molecule has 1 N–H and O–H groups in total. The molecule has 1 saturated heterocycles. The Morgan fingerprint density at radius 3 is 2.31 bits per heavy atom. The fraction of sp³-hybridized carbons (Fsp3) is 0.229. The van der Waals surface area contributed by atoms with Crippen LogP contribution in [0, 0.1) is 17.8 Å². The highest BCUT2D eigenvalue weighted by Crippen LogP contribution is 2.56. The van der Waals surface area contributed by atoms with E-state index in [1.807, 2.05) is 30.3 Å². The summed E-state index contributed by atoms with van der Waals surface area (Å²) in [5.41, 5.74) is 3.70. The number of benzene rings is 3. The number of carbonyl (C=O) groups is 5. The predicted molar refractivity (Wildman–Crippen MR) is 156 cm³/mol. The number of fused-ring (bicyclic) bond motifs is 4. The molecule has 4 unspecified atom stereocenters. The standard InChI is InChI=1S/C35H27NO6/c1-17-15-29(39)27-16-26-24(30(32(27)33(17)40)23-13-14-28(38)22-6-4-3-5-21(22)23)11-12-25-31(26)35(42)36(34(25)41)20-9-7-19(8-10-20)18(2)37/h3-11,13-15,25-26,30-31,38H,12,16H2,1-2H3. The first-order valence-electron chi connectivity index (χ1n) is 14.1. The summed E-state index contributed by atoms with van der Waals surface area (Å²) < 4.78 is 0. The van der Waals surface area contributed by atoms with Crippen LogP contribution < -0.4 is 4.90 Å². The van der Waals surface area contributed by atoms with E-state index in [1.54, 1.807) is 43.3 Å². The van der Waals surface area contributed by atoms with Crippen molar-refractivity contribution in [3.05, 3.63) is 106 Å². The average Bonchev–Trinajstić information content (AvgIpc) is 3.25. The second-order valence-electron chi connectivity index (χ2n) is 11.6. The molecule has 2 amide bonds. The van der Waals surface area contributed by atoms with Crippen LogP contribution in [-0.4, -0.2) is 34.3 Å². The number of phenolic OH excluding ortho intramolecular Hbond substituents is 1. The van der Waals surface area contributed by atoms with E-state index in [9.17, 15) is 29.1 Å². The molecule has 3 aromatic rings. The summed E-state index contributed by atoms with van der Waals surface area (Å²) in [5, 5.41) is 12.0. The number of ketones is 3. The van der Waals surface area contributed by atoms with E-state index < -0.39 is 23.7 Å². The number of carbonyl (C=O) groups excluding carboxylic acids is 5. The Morgan fingerprint density at radius 2 is 1.60 bits per heavy atom. The molecule has 1 heterocycles. The molecular weight excluding hydrogens is 530 g/mol. The van der Waals surface area contributed by atoms with Gasteiger partial charge in [-0.25, -0.2) is 0 Å². The van der Waals surface area contributed by atoms with Crippen molar-refractivity contribution in [2.75, 3.05) is 4.90 Å². The number of hydrogen-bond acceptors (Lipinski definition) is 6. The summed E-state index contributed by atoms with van der Waals surface area (Å²) in [7, 11) is 0. The molecule has 7 heteroatoms. The first kappa shape index (κ1) is 26.0. The molecule has 0 radical (unpaired) electrons. The number of phenols is 1. The zero-order valence-corrected chi connectivity index (χ0v) is 23.1. The maximum absolute atomic E-state index is 14.1. The molecule has 7 nitrogen and oxygen atoms in total. The maximum atomic E-state index is 14.1. The van der Waals surface area contributed by atoms with E-state index in [2.05, 4.69) is 0 Å². The molecule has 42 heavy (non-hydrogen) atoms. The van der Waals surface area contributed by atoms with Gasteiger partial charge in [0.25, 0.3) is 0 Å². The number of nitrogens with zero attached hydrogens (tertiary/aromatic N) is 1. The summed E-state index contributed by atoms with van der Waals surface area (Å²) in [6.45, 7) is 3.10. The fourth-order valence-corrected chi connectivity index (χ4v) is 7.37. The minimum atomic E-state index is -0.695. The van der Waals surface area contributed by atoms with Gasteiger partial charge in [-0.3, -0.25) is 28.9 Å². The van der Waals surface area contributed by atoms with E-state index in [4.69, 9.17) is 0 Å². The third kappa shape index (κ3) is 3.62. The monoisotopic (exact) mass is 557 g/mol. The predicted octanol–water partition coefficient (Wildman–Crippen LogP) is 5.38. The molecular formula is C35H27NO6. The van der Waals surface area contributed by atoms with Crippen molar-refractivity contribution < 1.29 is 29.1 Å². The molecule has 1 aliphatic heterocycles. The molecule has 0 bridgehead atoms. The summed E-state index contributed by atoms with van der Waals surface area (Å²) in [5.74, 6) is -3.43. The summed E-state index contributed by atoms with van der Waals surface area (Å²) in [6.07, 6.45) is 3.88. The number of imide groups is 1. The number of aromatic hydroxyl groups is 1. The third-order valence-electron chi connectivity index (χ3n) is 9.34. The highest BCUT2D eigenvalue weighted by molar-refractivity contribution is 6.25. The van der Waals surface area contributed by atoms with Gasteiger partial charge in [0.2, 0.25) is 11.8 Å². The van der Waals surface area contributed by atoms with Crippen LogP contribution in [0.4, 0.5) is 5.69 Å². The van der Waals surface area contributed by atoms with Crippen molar-refractivity contribution in [1.82, 2.24) is 0 Å². The van der Waals surface area contributed by atoms with Gasteiger partial charge in [0.1, 0.15) is 5.75 Å². The minimum absolute atomic E-state index is 0.110. The van der Waals surface area contributed by atoms with Crippen LogP contribution in [0.5, 0.6) is 5.75 Å². The second-order valence-corrected chi connectivity index (χ2v) is 11.6. The number of allylic oxidation sites excluding steroid dienone is 6. The third-order valence-corrected chi connectivity index (χ3v) is 9.34. The largest absolute Gasteiger partial charge is 0.507 e. The highest BCUT2D eigenvalue weighted by Gasteiger charge is 2.56. The maximum Gasteiger partial charge on any atom is 0.238 e. The quantitative estimate of drug-likeness (QED) is 0.200. The highest BCUT2D eigenvalue weighted by atomic mass is 16.3. The van der Waals surface area contributed by atoms with Gasteiger partial charge in [-0.15, -0.1) is 0 Å². The minimum Gasteiger partial charge on any atom is -0.507 e. The summed E-state index contributed by atoms with van der Waals surface area (Å²) in [4.78, 5) is 67.9. The van der Waals surface area contributed by atoms with Gasteiger partial charge >= 0.3 is 0 Å². The van der Waals surface area contributed by atoms with Crippen LogP contribution in [0.2, 0.25) is 0 Å². The molecule has 208 valence electrons. The van der Waals surface area contributed by atoms with E-state index in [1.165, 1.54) is 17.9 Å². The number of Topliss-reactive ketones (excluding diaryl/α,β-unsaturated/α-hetero) is 2. The van der Waals surface area contributed by atoms with E-state index in [-0.39, 0.29) is 41.3 Å². The molecule has 3 aliphatic carbocycles. The summed E-state index contributed by atoms with van der Waals surface area (Å²) in [6, 6.07) is 17.2. The van der Waals surface area contributed by atoms with Crippen LogP contribution in [0.25, 0.3) is 10.8 Å². The van der Waals surface area contributed by atoms with Crippen molar-refractivity contribution in [2.45, 2.75) is 32.6 Å². The lowest BCUT2D eigenvalue weighted by molar-refractivity contribution is -0.123. The van der Waals surface area contributed by atoms with E-state index in [0.717, 1.165) is 16.5 Å². The van der Waals surface area contributed by atoms with Crippen LogP contribution in [-0.2, 0) is 19.2 Å². The zero-order chi connectivity index (χ0) is 29.4. The smallest absolute Gasteiger partial charge is 0.238 e. The Bertz CT molecular complexity index is 1870. The Labute approximate surface area is 241 Å². The first-order chi connectivity index (χ1) is 20.2. The van der Waals surface area contributed by atoms with Gasteiger partial charge in [0, 0.05) is 33.6 Å². The average molecular weight is 558 g/mol. The molecule has 0 aromatic heterocycles. The Morgan fingerprint density at radius 1 is 0.881 bits per heavy atom. The molecule has 7 rings (SSSR count). The lowest BCUT2D eigenvalue weighted by Gasteiger charge is -2.42. The fourth-order valence-electron chi connectivity index (χ4n) is 7.37. The van der Waals surface area contributed by atoms with E-state index >= 15 is 0 Å². The molecule has 4 atom stereocenters. The lowest BCUT2D eigenvalue weighted by atomic mass is 9.59. The number of hydrogen-bond donors (Lipinski definition) is 1. The van der Waals surface area contributed by atoms with Gasteiger partial charge in [-0.2, -0.15) is 0 Å². The zero-order valence-electron chi connectivity index (χ0n) is 23.1. The first-order valence-corrected chi connectivity index (χ1v) is 14.1. The normalized spacial score (nSPS) is 25.2. The van der Waals surface area contributed by atoms with Crippen LogP contribution >= 0.6 is 0 Å². The van der Waals surface area contributed by atoms with Crippen molar-refractivity contribution in [2.24, 2.45) is 17.8 Å². The summed E-state index contributed by atoms with van der Waals surface area (Å²) >= 11 is 0. The Kier molecular flexibility index (Phi) is 5.77. The van der Waals surface area contributed by atoms with Gasteiger partial charge in [-0.1, -0.05) is 42.0 Å². The van der Waals surface area contributed by atoms with Crippen LogP contribution in [0.3, 0.4) is 0 Å². The van der Waals surface area contributed by atoms with Crippen molar-refractivity contribution in [1.29, 1.82) is 0 Å². The van der Waals surface area contributed by atoms with Gasteiger partial charge in [0.15, 0.2) is 17.3 Å². The number of amides is 2.